The molecule has 0 N–H and O–H groups in total. The Morgan fingerprint density at radius 2 is 2.00 bits per heavy atom. The number of esters is 1. The topological polar surface area (TPSA) is 39.2 Å². The first-order valence-corrected chi connectivity index (χ1v) is 6.89. The van der Waals surface area contributed by atoms with Gasteiger partial charge in [0.25, 0.3) is 0 Å². The zero-order valence-electron chi connectivity index (χ0n) is 10.4. The Hall–Kier alpha value is -0.800. The van der Waals surface area contributed by atoms with Gasteiger partial charge in [0.15, 0.2) is 0 Å². The van der Waals surface area contributed by atoms with Crippen LogP contribution in [0.4, 0.5) is 0 Å². The quantitative estimate of drug-likeness (QED) is 0.421. The Kier molecular flexibility index (Phi) is 7.06. The van der Waals surface area contributed by atoms with Gasteiger partial charge in [-0.1, -0.05) is 55.8 Å². The lowest BCUT2D eigenvalue weighted by atomic mass is 10.2. The first kappa shape index (κ1) is 15.3. The molecule has 0 bridgehead atoms. The second kappa shape index (κ2) is 8.33. The summed E-state index contributed by atoms with van der Waals surface area (Å²) in [6, 6.07) is 1.42. The largest absolute Gasteiger partial charge is 0.462 e. The highest BCUT2D eigenvalue weighted by atomic mass is 35.5. The standard InChI is InChI=1S/C13H17Cl2NO2/c1-2-3-4-5-6-7-18-13(17)10-8-12(15)16-9-11(10)14/h8-9H,2-7H2,1H3. The fraction of sp³-hybridized carbons (Fsp3) is 0.538. The number of hydrogen-bond donors (Lipinski definition) is 0. The number of hydrogen-bond acceptors (Lipinski definition) is 3. The van der Waals surface area contributed by atoms with E-state index in [0.717, 1.165) is 12.8 Å². The Bertz CT molecular complexity index is 397. The molecule has 0 radical (unpaired) electrons. The number of nitrogens with zero attached hydrogens (tertiary/aromatic N) is 1. The maximum Gasteiger partial charge on any atom is 0.339 e. The Labute approximate surface area is 117 Å². The summed E-state index contributed by atoms with van der Waals surface area (Å²) in [5, 5.41) is 0.490. The van der Waals surface area contributed by atoms with Crippen LogP contribution in [0.25, 0.3) is 0 Å². The van der Waals surface area contributed by atoms with Crippen LogP contribution in [0, 0.1) is 0 Å². The molecule has 1 rings (SSSR count). The third-order valence-electron chi connectivity index (χ3n) is 2.52. The fourth-order valence-corrected chi connectivity index (χ4v) is 1.86. The van der Waals surface area contributed by atoms with E-state index in [2.05, 4.69) is 11.9 Å². The van der Waals surface area contributed by atoms with E-state index in [4.69, 9.17) is 27.9 Å². The van der Waals surface area contributed by atoms with Crippen LogP contribution in [0.3, 0.4) is 0 Å². The molecule has 0 fully saturated rings. The number of carbonyl (C=O) groups excluding carboxylic acids is 1. The van der Waals surface area contributed by atoms with Gasteiger partial charge in [-0.2, -0.15) is 0 Å². The summed E-state index contributed by atoms with van der Waals surface area (Å²) in [6.07, 6.45) is 6.90. The van der Waals surface area contributed by atoms with E-state index in [-0.39, 0.29) is 15.7 Å². The van der Waals surface area contributed by atoms with Crippen molar-refractivity contribution in [2.75, 3.05) is 6.61 Å². The van der Waals surface area contributed by atoms with Gasteiger partial charge in [-0.05, 0) is 12.5 Å². The van der Waals surface area contributed by atoms with Gasteiger partial charge in [-0.25, -0.2) is 9.78 Å². The zero-order valence-corrected chi connectivity index (χ0v) is 11.9. The molecule has 0 amide bonds. The van der Waals surface area contributed by atoms with Crippen molar-refractivity contribution in [1.82, 2.24) is 4.98 Å². The third-order valence-corrected chi connectivity index (χ3v) is 3.03. The van der Waals surface area contributed by atoms with Crippen molar-refractivity contribution in [2.45, 2.75) is 39.0 Å². The number of unbranched alkanes of at least 4 members (excludes halogenated alkanes) is 4. The van der Waals surface area contributed by atoms with E-state index in [1.54, 1.807) is 0 Å². The van der Waals surface area contributed by atoms with Crippen LogP contribution in [0.5, 0.6) is 0 Å². The van der Waals surface area contributed by atoms with Crippen LogP contribution in [0.15, 0.2) is 12.3 Å². The molecule has 18 heavy (non-hydrogen) atoms. The first-order chi connectivity index (χ1) is 8.65. The lowest BCUT2D eigenvalue weighted by Crippen LogP contribution is -2.07. The molecule has 0 aliphatic rings. The highest BCUT2D eigenvalue weighted by Crippen LogP contribution is 2.19. The molecule has 0 saturated heterocycles. The maximum absolute atomic E-state index is 11.7. The van der Waals surface area contributed by atoms with Crippen LogP contribution >= 0.6 is 23.2 Å². The minimum absolute atomic E-state index is 0.231. The lowest BCUT2D eigenvalue weighted by molar-refractivity contribution is 0.0498. The molecule has 0 saturated carbocycles. The van der Waals surface area contributed by atoms with Gasteiger partial charge in [0.2, 0.25) is 0 Å². The minimum Gasteiger partial charge on any atom is -0.462 e. The van der Waals surface area contributed by atoms with Gasteiger partial charge in [0, 0.05) is 6.20 Å². The number of ether oxygens (including phenoxy) is 1. The molecular weight excluding hydrogens is 273 g/mol. The van der Waals surface area contributed by atoms with E-state index < -0.39 is 5.97 Å². The predicted molar refractivity (Wildman–Crippen MR) is 73.3 cm³/mol. The molecule has 5 heteroatoms. The monoisotopic (exact) mass is 289 g/mol. The van der Waals surface area contributed by atoms with Crippen LogP contribution in [-0.4, -0.2) is 17.6 Å². The Morgan fingerprint density at radius 1 is 1.28 bits per heavy atom. The second-order valence-electron chi connectivity index (χ2n) is 4.04. The summed E-state index contributed by atoms with van der Waals surface area (Å²) in [4.78, 5) is 15.5. The molecule has 0 spiro atoms. The highest BCUT2D eigenvalue weighted by molar-refractivity contribution is 6.34. The second-order valence-corrected chi connectivity index (χ2v) is 4.83. The van der Waals surface area contributed by atoms with Crippen LogP contribution < -0.4 is 0 Å². The zero-order chi connectivity index (χ0) is 13.4. The average Bonchev–Trinajstić information content (AvgIpc) is 2.36. The summed E-state index contributed by atoms with van der Waals surface area (Å²) >= 11 is 11.6. The van der Waals surface area contributed by atoms with Crippen molar-refractivity contribution in [3.8, 4) is 0 Å². The Morgan fingerprint density at radius 3 is 2.72 bits per heavy atom. The molecule has 1 heterocycles. The predicted octanol–water partition coefficient (Wildman–Crippen LogP) is 4.52. The molecule has 0 unspecified atom stereocenters. The summed E-state index contributed by atoms with van der Waals surface area (Å²) in [5.74, 6) is -0.445. The maximum atomic E-state index is 11.7. The van der Waals surface area contributed by atoms with E-state index in [1.165, 1.54) is 31.5 Å². The van der Waals surface area contributed by atoms with Gasteiger partial charge in [-0.3, -0.25) is 0 Å². The SMILES string of the molecule is CCCCCCCOC(=O)c1cc(Cl)ncc1Cl. The normalized spacial score (nSPS) is 10.4. The smallest absolute Gasteiger partial charge is 0.339 e. The Balaban J connectivity index is 2.34. The van der Waals surface area contributed by atoms with E-state index in [9.17, 15) is 4.79 Å². The molecule has 0 aromatic carbocycles. The fourth-order valence-electron chi connectivity index (χ4n) is 1.52. The molecule has 100 valence electrons. The van der Waals surface area contributed by atoms with Crippen LogP contribution in [0.2, 0.25) is 10.2 Å². The van der Waals surface area contributed by atoms with E-state index in [1.807, 2.05) is 0 Å². The third kappa shape index (κ3) is 5.23. The van der Waals surface area contributed by atoms with Crippen molar-refractivity contribution in [3.63, 3.8) is 0 Å². The van der Waals surface area contributed by atoms with Crippen molar-refractivity contribution in [3.05, 3.63) is 28.0 Å². The van der Waals surface area contributed by atoms with Crippen molar-refractivity contribution >= 4 is 29.2 Å². The molecule has 3 nitrogen and oxygen atoms in total. The summed E-state index contributed by atoms with van der Waals surface area (Å²) < 4.78 is 5.13. The molecule has 1 aromatic heterocycles. The molecule has 0 aliphatic heterocycles. The van der Waals surface area contributed by atoms with E-state index >= 15 is 0 Å². The van der Waals surface area contributed by atoms with Gasteiger partial charge < -0.3 is 4.74 Å². The van der Waals surface area contributed by atoms with Gasteiger partial charge in [-0.15, -0.1) is 0 Å². The average molecular weight is 290 g/mol. The lowest BCUT2D eigenvalue weighted by Gasteiger charge is -2.06. The van der Waals surface area contributed by atoms with Crippen molar-refractivity contribution in [1.29, 1.82) is 0 Å². The summed E-state index contributed by atoms with van der Waals surface area (Å²) in [7, 11) is 0. The highest BCUT2D eigenvalue weighted by Gasteiger charge is 2.12. The number of halogens is 2. The molecule has 0 atom stereocenters. The number of carbonyl (C=O) groups is 1. The van der Waals surface area contributed by atoms with Gasteiger partial charge in [0.05, 0.1) is 17.2 Å². The van der Waals surface area contributed by atoms with E-state index in [0.29, 0.717) is 6.61 Å². The van der Waals surface area contributed by atoms with Gasteiger partial charge >= 0.3 is 5.97 Å². The van der Waals surface area contributed by atoms with Crippen molar-refractivity contribution < 1.29 is 9.53 Å². The minimum atomic E-state index is -0.445. The van der Waals surface area contributed by atoms with Crippen molar-refractivity contribution in [2.24, 2.45) is 0 Å². The molecule has 1 aromatic rings. The van der Waals surface area contributed by atoms with Crippen LogP contribution in [0.1, 0.15) is 49.4 Å². The summed E-state index contributed by atoms with van der Waals surface area (Å²) in [5.41, 5.74) is 0.269. The molecule has 0 aliphatic carbocycles. The number of pyridine rings is 1. The number of aromatic nitrogens is 1. The number of rotatable bonds is 7. The first-order valence-electron chi connectivity index (χ1n) is 6.13. The summed E-state index contributed by atoms with van der Waals surface area (Å²) in [6.45, 7) is 2.58. The van der Waals surface area contributed by atoms with Gasteiger partial charge in [0.1, 0.15) is 5.15 Å². The molecular formula is C13H17Cl2NO2. The van der Waals surface area contributed by atoms with Crippen LogP contribution in [-0.2, 0) is 4.74 Å².